The van der Waals surface area contributed by atoms with E-state index in [0.717, 1.165) is 0 Å². The van der Waals surface area contributed by atoms with E-state index in [1.165, 1.54) is 17.2 Å². The Kier molecular flexibility index (Phi) is 8.15. The van der Waals surface area contributed by atoms with E-state index in [0.29, 0.717) is 11.1 Å². The molecule has 1 aliphatic carbocycles. The molecule has 4 rings (SSSR count). The van der Waals surface area contributed by atoms with Crippen LogP contribution in [0.2, 0.25) is 0 Å². The van der Waals surface area contributed by atoms with E-state index in [1.54, 1.807) is 51.1 Å². The lowest BCUT2D eigenvalue weighted by atomic mass is 10.0. The minimum atomic E-state index is -3.98. The van der Waals surface area contributed by atoms with Crippen LogP contribution in [-0.4, -0.2) is 61.7 Å². The summed E-state index contributed by atoms with van der Waals surface area (Å²) in [5.41, 5.74) is 6.72. The third-order valence-corrected chi connectivity index (χ3v) is 8.30. The number of rotatable bonds is 10. The van der Waals surface area contributed by atoms with Gasteiger partial charge in [0.25, 0.3) is 0 Å². The van der Waals surface area contributed by atoms with Crippen LogP contribution in [0.4, 0.5) is 10.2 Å². The number of benzene rings is 1. The number of aliphatic hydroxyl groups is 1. The zero-order valence-corrected chi connectivity index (χ0v) is 22.2. The summed E-state index contributed by atoms with van der Waals surface area (Å²) in [5.74, 6) is -1.89. The van der Waals surface area contributed by atoms with Gasteiger partial charge in [0.1, 0.15) is 17.6 Å². The molecule has 38 heavy (non-hydrogen) atoms. The fourth-order valence-corrected chi connectivity index (χ4v) is 6.26. The summed E-state index contributed by atoms with van der Waals surface area (Å²) >= 11 is 0. The van der Waals surface area contributed by atoms with Crippen LogP contribution in [0.3, 0.4) is 0 Å². The zero-order valence-electron chi connectivity index (χ0n) is 21.3. The van der Waals surface area contributed by atoms with Gasteiger partial charge in [-0.25, -0.2) is 23.9 Å². The first-order chi connectivity index (χ1) is 18.0. The number of hydrogen-bond donors (Lipinski definition) is 2. The minimum absolute atomic E-state index is 0.136. The second kappa shape index (κ2) is 11.2. The first-order valence-electron chi connectivity index (χ1n) is 12.1. The van der Waals surface area contributed by atoms with Crippen LogP contribution < -0.4 is 10.3 Å². The number of ether oxygens (including phenoxy) is 1. The number of imidazole rings is 1. The molecule has 2 aromatic heterocycles. The zero-order chi connectivity index (χ0) is 27.6. The number of anilines is 1. The molecule has 0 bridgehead atoms. The molecular formula is C25H31FN5O6P. The molecule has 0 spiro atoms. The van der Waals surface area contributed by atoms with Gasteiger partial charge in [-0.1, -0.05) is 31.7 Å². The van der Waals surface area contributed by atoms with Gasteiger partial charge in [0.15, 0.2) is 17.6 Å². The highest BCUT2D eigenvalue weighted by Gasteiger charge is 2.48. The van der Waals surface area contributed by atoms with Crippen molar-refractivity contribution in [1.29, 1.82) is 0 Å². The number of hydrogen-bond acceptors (Lipinski definition) is 10. The Bertz CT molecular complexity index is 1350. The van der Waals surface area contributed by atoms with Crippen LogP contribution in [0.25, 0.3) is 11.2 Å². The van der Waals surface area contributed by atoms with Crippen molar-refractivity contribution in [3.8, 4) is 5.75 Å². The molecule has 2 unspecified atom stereocenters. The van der Waals surface area contributed by atoms with E-state index in [9.17, 15) is 14.5 Å². The molecule has 3 N–H and O–H groups in total. The van der Waals surface area contributed by atoms with Crippen LogP contribution in [0.15, 0.2) is 55.1 Å². The van der Waals surface area contributed by atoms with Crippen molar-refractivity contribution in [2.45, 2.75) is 45.2 Å². The number of para-hydroxylation sites is 1. The van der Waals surface area contributed by atoms with E-state index < -0.39 is 43.7 Å². The first kappa shape index (κ1) is 27.7. The summed E-state index contributed by atoms with van der Waals surface area (Å²) < 4.78 is 47.5. The molecule has 3 aromatic rings. The van der Waals surface area contributed by atoms with Gasteiger partial charge in [0, 0.05) is 5.92 Å². The molecule has 0 aliphatic heterocycles. The fourth-order valence-electron chi connectivity index (χ4n) is 4.37. The Hall–Kier alpha value is -3.34. The maximum atomic E-state index is 15.4. The summed E-state index contributed by atoms with van der Waals surface area (Å²) in [7, 11) is -3.98. The van der Waals surface area contributed by atoms with Crippen molar-refractivity contribution >= 4 is 30.5 Å². The maximum absolute atomic E-state index is 15.4. The summed E-state index contributed by atoms with van der Waals surface area (Å²) in [5, 5.41) is 10.8. The van der Waals surface area contributed by atoms with Gasteiger partial charge in [-0.3, -0.25) is 9.32 Å². The van der Waals surface area contributed by atoms with Gasteiger partial charge in [0.05, 0.1) is 43.3 Å². The second-order valence-electron chi connectivity index (χ2n) is 9.52. The highest BCUT2D eigenvalue weighted by Crippen LogP contribution is 2.52. The lowest BCUT2D eigenvalue weighted by Crippen LogP contribution is -2.28. The molecule has 204 valence electrons. The van der Waals surface area contributed by atoms with Crippen LogP contribution in [0.1, 0.15) is 26.8 Å². The molecule has 2 heterocycles. The van der Waals surface area contributed by atoms with Crippen molar-refractivity contribution in [2.75, 3.05) is 18.5 Å². The number of nitrogens with two attached hydrogens (primary N) is 1. The van der Waals surface area contributed by atoms with Crippen molar-refractivity contribution < 1.29 is 32.6 Å². The third kappa shape index (κ3) is 5.72. The van der Waals surface area contributed by atoms with Crippen LogP contribution in [0.5, 0.6) is 5.75 Å². The Morgan fingerprint density at radius 3 is 2.63 bits per heavy atom. The number of nitrogen functional groups attached to an aromatic ring is 1. The average Bonchev–Trinajstić information content (AvgIpc) is 3.37. The highest BCUT2D eigenvalue weighted by molar-refractivity contribution is 7.54. The van der Waals surface area contributed by atoms with Gasteiger partial charge < -0.3 is 24.7 Å². The maximum Gasteiger partial charge on any atom is 0.380 e. The molecule has 1 aromatic carbocycles. The van der Waals surface area contributed by atoms with Gasteiger partial charge in [-0.15, -0.1) is 0 Å². The Morgan fingerprint density at radius 1 is 1.24 bits per heavy atom. The smallest absolute Gasteiger partial charge is 0.380 e. The Balaban J connectivity index is 1.55. The molecule has 6 atom stereocenters. The molecule has 1 saturated carbocycles. The lowest BCUT2D eigenvalue weighted by Gasteiger charge is -2.25. The van der Waals surface area contributed by atoms with Crippen LogP contribution in [0, 0.1) is 11.8 Å². The minimum Gasteiger partial charge on any atom is -0.463 e. The van der Waals surface area contributed by atoms with Crippen molar-refractivity contribution in [3.63, 3.8) is 0 Å². The van der Waals surface area contributed by atoms with Crippen molar-refractivity contribution in [2.24, 2.45) is 11.8 Å². The summed E-state index contributed by atoms with van der Waals surface area (Å²) in [6.45, 7) is 8.62. The fraction of sp³-hybridized carbons (Fsp3) is 0.440. The number of carbonyl (C=O) groups excluding carboxylic acids is 1. The number of aromatic nitrogens is 4. The summed E-state index contributed by atoms with van der Waals surface area (Å²) in [4.78, 5) is 24.6. The van der Waals surface area contributed by atoms with Gasteiger partial charge in [-0.05, 0) is 31.6 Å². The van der Waals surface area contributed by atoms with Crippen molar-refractivity contribution in [1.82, 2.24) is 19.5 Å². The van der Waals surface area contributed by atoms with Gasteiger partial charge in [0.2, 0.25) is 0 Å². The standard InChI is InChI=1S/C25H31FN5O6P/c1-14(2)36-25(33)15(3)11-38(34,37-17-8-6-5-7-9-17)35-10-18-16(4)21(19(26)22(18)32)31-13-30-20-23(27)28-12-29-24(20)31/h5-9,12-15,18-19,21-22,32H,4,10-11H2,1-3H3,(H2,27,28,29)/t15-,18-,19?,21+,22-,38?/m0/s1. The van der Waals surface area contributed by atoms with E-state index in [2.05, 4.69) is 21.5 Å². The quantitative estimate of drug-likeness (QED) is 0.218. The van der Waals surface area contributed by atoms with Crippen LogP contribution >= 0.6 is 7.60 Å². The Morgan fingerprint density at radius 2 is 1.95 bits per heavy atom. The predicted molar refractivity (Wildman–Crippen MR) is 138 cm³/mol. The Labute approximate surface area is 219 Å². The molecule has 0 radical (unpaired) electrons. The number of nitrogens with zero attached hydrogens (tertiary/aromatic N) is 4. The van der Waals surface area contributed by atoms with E-state index in [-0.39, 0.29) is 36.1 Å². The largest absolute Gasteiger partial charge is 0.463 e. The number of aliphatic hydroxyl groups excluding tert-OH is 1. The van der Waals surface area contributed by atoms with Gasteiger partial charge in [-0.2, -0.15) is 0 Å². The molecule has 1 fully saturated rings. The van der Waals surface area contributed by atoms with E-state index >= 15 is 4.39 Å². The van der Waals surface area contributed by atoms with Crippen LogP contribution in [-0.2, 0) is 18.6 Å². The topological polar surface area (TPSA) is 152 Å². The SMILES string of the molecule is C=C1[C@@H](n2cnc3c(N)ncnc32)C(F)[C@@H](O)[C@H]1COP(=O)(C[C@H](C)C(=O)OC(C)C)Oc1ccccc1. The second-order valence-corrected chi connectivity index (χ2v) is 11.6. The molecular weight excluding hydrogens is 516 g/mol. The highest BCUT2D eigenvalue weighted by atomic mass is 31.2. The monoisotopic (exact) mass is 547 g/mol. The molecule has 11 nitrogen and oxygen atoms in total. The summed E-state index contributed by atoms with van der Waals surface area (Å²) in [6.07, 6.45) is -1.33. The first-order valence-corrected chi connectivity index (χ1v) is 13.9. The molecule has 0 amide bonds. The molecule has 13 heteroatoms. The molecule has 1 aliphatic rings. The molecule has 0 saturated heterocycles. The van der Waals surface area contributed by atoms with E-state index in [4.69, 9.17) is 19.5 Å². The van der Waals surface area contributed by atoms with Gasteiger partial charge >= 0.3 is 13.6 Å². The lowest BCUT2D eigenvalue weighted by molar-refractivity contribution is -0.151. The number of alkyl halides is 1. The number of carbonyl (C=O) groups is 1. The number of halogens is 1. The van der Waals surface area contributed by atoms with E-state index in [1.807, 2.05) is 0 Å². The third-order valence-electron chi connectivity index (χ3n) is 6.27. The van der Waals surface area contributed by atoms with Crippen molar-refractivity contribution in [3.05, 3.63) is 55.1 Å². The number of fused-ring (bicyclic) bond motifs is 1. The normalized spacial score (nSPS) is 23.9. The summed E-state index contributed by atoms with van der Waals surface area (Å²) in [6, 6.07) is 7.34. The predicted octanol–water partition coefficient (Wildman–Crippen LogP) is 3.71. The number of esters is 1. The average molecular weight is 548 g/mol.